The maximum Gasteiger partial charge on any atom is 0.0789 e. The summed E-state index contributed by atoms with van der Waals surface area (Å²) in [4.78, 5) is 2.25. The van der Waals surface area contributed by atoms with Crippen molar-refractivity contribution in [3.05, 3.63) is 0 Å². The summed E-state index contributed by atoms with van der Waals surface area (Å²) in [5.41, 5.74) is 5.34. The van der Waals surface area contributed by atoms with Crippen molar-refractivity contribution in [1.82, 2.24) is 4.90 Å². The van der Waals surface area contributed by atoms with Crippen molar-refractivity contribution in [1.29, 1.82) is 0 Å². The van der Waals surface area contributed by atoms with Crippen LogP contribution in [-0.4, -0.2) is 41.8 Å². The van der Waals surface area contributed by atoms with E-state index in [1.807, 2.05) is 0 Å². The highest BCUT2D eigenvalue weighted by Crippen LogP contribution is 2.00. The summed E-state index contributed by atoms with van der Waals surface area (Å²) in [6, 6.07) is 0.492. The monoisotopic (exact) mass is 174 g/mol. The quantitative estimate of drug-likeness (QED) is 0.614. The summed E-state index contributed by atoms with van der Waals surface area (Å²) < 4.78 is 0. The van der Waals surface area contributed by atoms with Crippen LogP contribution in [-0.2, 0) is 0 Å². The van der Waals surface area contributed by atoms with E-state index in [9.17, 15) is 5.11 Å². The Morgan fingerprint density at radius 3 is 2.33 bits per heavy atom. The Morgan fingerprint density at radius 1 is 1.42 bits per heavy atom. The van der Waals surface area contributed by atoms with Crippen LogP contribution in [0, 0.1) is 0 Å². The van der Waals surface area contributed by atoms with E-state index < -0.39 is 0 Å². The van der Waals surface area contributed by atoms with E-state index in [1.54, 1.807) is 0 Å². The van der Waals surface area contributed by atoms with Crippen molar-refractivity contribution in [2.45, 2.75) is 39.3 Å². The molecule has 0 heterocycles. The molecule has 0 aromatic carbocycles. The highest BCUT2D eigenvalue weighted by molar-refractivity contribution is 4.67. The fourth-order valence-corrected chi connectivity index (χ4v) is 1.19. The van der Waals surface area contributed by atoms with Crippen LogP contribution in [0.2, 0.25) is 0 Å². The number of hydrogen-bond acceptors (Lipinski definition) is 3. The largest absolute Gasteiger partial charge is 0.390 e. The van der Waals surface area contributed by atoms with Gasteiger partial charge in [-0.2, -0.15) is 0 Å². The maximum atomic E-state index is 9.34. The molecule has 0 spiro atoms. The van der Waals surface area contributed by atoms with Gasteiger partial charge in [0.25, 0.3) is 0 Å². The fourth-order valence-electron chi connectivity index (χ4n) is 1.19. The molecule has 0 saturated carbocycles. The van der Waals surface area contributed by atoms with Crippen LogP contribution in [0.3, 0.4) is 0 Å². The van der Waals surface area contributed by atoms with Gasteiger partial charge in [-0.1, -0.05) is 6.92 Å². The average molecular weight is 174 g/mol. The standard InChI is InChI=1S/C9H22N2O/c1-4-5-11(8(2)3)7-9(12)6-10/h8-9,12H,4-7,10H2,1-3H3/t9-/m0/s1. The second-order valence-corrected chi connectivity index (χ2v) is 3.48. The molecule has 0 unspecified atom stereocenters. The number of hydrogen-bond donors (Lipinski definition) is 2. The average Bonchev–Trinajstić information content (AvgIpc) is 2.03. The molecule has 74 valence electrons. The zero-order chi connectivity index (χ0) is 9.56. The maximum absolute atomic E-state index is 9.34. The zero-order valence-electron chi connectivity index (χ0n) is 8.45. The third kappa shape index (κ3) is 4.70. The SMILES string of the molecule is CCCN(C[C@@H](O)CN)C(C)C. The van der Waals surface area contributed by atoms with Gasteiger partial charge in [0.1, 0.15) is 0 Å². The minimum atomic E-state index is -0.376. The normalized spacial score (nSPS) is 14.2. The molecule has 0 fully saturated rings. The van der Waals surface area contributed by atoms with Gasteiger partial charge in [-0.25, -0.2) is 0 Å². The lowest BCUT2D eigenvalue weighted by atomic mass is 10.2. The minimum absolute atomic E-state index is 0.354. The van der Waals surface area contributed by atoms with Gasteiger partial charge in [0.05, 0.1) is 6.10 Å². The van der Waals surface area contributed by atoms with Gasteiger partial charge >= 0.3 is 0 Å². The zero-order valence-corrected chi connectivity index (χ0v) is 8.45. The predicted molar refractivity (Wildman–Crippen MR) is 52.1 cm³/mol. The molecule has 0 amide bonds. The summed E-state index contributed by atoms with van der Waals surface area (Å²) in [6.07, 6.45) is 0.745. The molecule has 3 heteroatoms. The molecule has 0 aliphatic rings. The first-order chi connectivity index (χ1) is 5.61. The lowest BCUT2D eigenvalue weighted by molar-refractivity contribution is 0.101. The van der Waals surface area contributed by atoms with Gasteiger partial charge in [0, 0.05) is 19.1 Å². The molecular formula is C9H22N2O. The topological polar surface area (TPSA) is 49.5 Å². The molecule has 0 bridgehead atoms. The molecule has 0 aromatic heterocycles. The van der Waals surface area contributed by atoms with E-state index in [-0.39, 0.29) is 6.10 Å². The summed E-state index contributed by atoms with van der Waals surface area (Å²) in [7, 11) is 0. The first-order valence-electron chi connectivity index (χ1n) is 4.74. The van der Waals surface area contributed by atoms with Crippen molar-refractivity contribution in [3.63, 3.8) is 0 Å². The Hall–Kier alpha value is -0.120. The van der Waals surface area contributed by atoms with Gasteiger partial charge in [-0.15, -0.1) is 0 Å². The van der Waals surface area contributed by atoms with Crippen LogP contribution in [0.15, 0.2) is 0 Å². The summed E-state index contributed by atoms with van der Waals surface area (Å²) in [6.45, 7) is 8.51. The number of aliphatic hydroxyl groups excluding tert-OH is 1. The molecule has 0 aliphatic carbocycles. The van der Waals surface area contributed by atoms with Crippen molar-refractivity contribution in [2.75, 3.05) is 19.6 Å². The second kappa shape index (κ2) is 6.40. The van der Waals surface area contributed by atoms with Gasteiger partial charge in [-0.05, 0) is 26.8 Å². The van der Waals surface area contributed by atoms with E-state index in [1.165, 1.54) is 0 Å². The highest BCUT2D eigenvalue weighted by Gasteiger charge is 2.11. The molecule has 0 rings (SSSR count). The van der Waals surface area contributed by atoms with Crippen LogP contribution >= 0.6 is 0 Å². The third-order valence-corrected chi connectivity index (χ3v) is 1.96. The number of aliphatic hydroxyl groups is 1. The van der Waals surface area contributed by atoms with Crippen LogP contribution in [0.25, 0.3) is 0 Å². The highest BCUT2D eigenvalue weighted by atomic mass is 16.3. The van der Waals surface area contributed by atoms with Crippen LogP contribution in [0.1, 0.15) is 27.2 Å². The van der Waals surface area contributed by atoms with Gasteiger partial charge in [0.2, 0.25) is 0 Å². The van der Waals surface area contributed by atoms with Crippen molar-refractivity contribution < 1.29 is 5.11 Å². The fraction of sp³-hybridized carbons (Fsp3) is 1.00. The number of nitrogens with zero attached hydrogens (tertiary/aromatic N) is 1. The van der Waals surface area contributed by atoms with Gasteiger partial charge in [0.15, 0.2) is 0 Å². The summed E-state index contributed by atoms with van der Waals surface area (Å²) >= 11 is 0. The molecule has 0 aromatic rings. The minimum Gasteiger partial charge on any atom is -0.390 e. The molecule has 3 N–H and O–H groups in total. The Labute approximate surface area is 75.6 Å². The number of nitrogens with two attached hydrogens (primary N) is 1. The predicted octanol–water partition coefficient (Wildman–Crippen LogP) is 0.426. The molecule has 1 atom stereocenters. The smallest absolute Gasteiger partial charge is 0.0789 e. The third-order valence-electron chi connectivity index (χ3n) is 1.96. The lowest BCUT2D eigenvalue weighted by Crippen LogP contribution is -2.40. The molecule has 0 saturated heterocycles. The van der Waals surface area contributed by atoms with E-state index in [0.29, 0.717) is 19.1 Å². The Bertz CT molecular complexity index is 107. The van der Waals surface area contributed by atoms with Crippen LogP contribution in [0.5, 0.6) is 0 Å². The molecule has 3 nitrogen and oxygen atoms in total. The molecular weight excluding hydrogens is 152 g/mol. The summed E-state index contributed by atoms with van der Waals surface area (Å²) in [5.74, 6) is 0. The van der Waals surface area contributed by atoms with Crippen molar-refractivity contribution in [3.8, 4) is 0 Å². The van der Waals surface area contributed by atoms with E-state index in [2.05, 4.69) is 25.7 Å². The second-order valence-electron chi connectivity index (χ2n) is 3.48. The first kappa shape index (κ1) is 11.9. The van der Waals surface area contributed by atoms with Crippen LogP contribution < -0.4 is 5.73 Å². The van der Waals surface area contributed by atoms with Gasteiger partial charge < -0.3 is 10.8 Å². The lowest BCUT2D eigenvalue weighted by Gasteiger charge is -2.27. The van der Waals surface area contributed by atoms with Gasteiger partial charge in [-0.3, -0.25) is 4.90 Å². The van der Waals surface area contributed by atoms with E-state index in [4.69, 9.17) is 5.73 Å². The van der Waals surface area contributed by atoms with E-state index >= 15 is 0 Å². The van der Waals surface area contributed by atoms with Crippen molar-refractivity contribution in [2.24, 2.45) is 5.73 Å². The Kier molecular flexibility index (Phi) is 6.34. The van der Waals surface area contributed by atoms with Crippen molar-refractivity contribution >= 4 is 0 Å². The Balaban J connectivity index is 3.77. The molecule has 0 radical (unpaired) electrons. The number of rotatable bonds is 6. The summed E-state index contributed by atoms with van der Waals surface area (Å²) in [5, 5.41) is 9.34. The molecule has 0 aliphatic heterocycles. The van der Waals surface area contributed by atoms with E-state index in [0.717, 1.165) is 13.0 Å². The van der Waals surface area contributed by atoms with Crippen LogP contribution in [0.4, 0.5) is 0 Å². The first-order valence-corrected chi connectivity index (χ1v) is 4.74. The Morgan fingerprint density at radius 2 is 2.00 bits per heavy atom. The molecule has 12 heavy (non-hydrogen) atoms.